The van der Waals surface area contributed by atoms with Gasteiger partial charge in [0.1, 0.15) is 10.8 Å². The lowest BCUT2D eigenvalue weighted by Crippen LogP contribution is -2.24. The molecular formula is C18H16ClN9O2. The Bertz CT molecular complexity index is 1400. The predicted octanol–water partition coefficient (Wildman–Crippen LogP) is 0.118. The van der Waals surface area contributed by atoms with E-state index in [-0.39, 0.29) is 17.6 Å². The highest BCUT2D eigenvalue weighted by atomic mass is 35.5. The average Bonchev–Trinajstić information content (AvgIpc) is 3.36. The lowest BCUT2D eigenvalue weighted by atomic mass is 10.3. The van der Waals surface area contributed by atoms with Crippen LogP contribution in [0.25, 0.3) is 11.7 Å². The van der Waals surface area contributed by atoms with Crippen molar-refractivity contribution in [2.24, 2.45) is 4.99 Å². The third kappa shape index (κ3) is 3.74. The lowest BCUT2D eigenvalue weighted by Gasteiger charge is -2.05. The van der Waals surface area contributed by atoms with Gasteiger partial charge in [-0.3, -0.25) is 4.98 Å². The lowest BCUT2D eigenvalue weighted by molar-refractivity contribution is 0.454. The molecule has 4 N–H and O–H groups in total. The van der Waals surface area contributed by atoms with Crippen molar-refractivity contribution in [3.8, 4) is 5.88 Å². The van der Waals surface area contributed by atoms with Gasteiger partial charge in [0.25, 0.3) is 5.62 Å². The summed E-state index contributed by atoms with van der Waals surface area (Å²) in [6.45, 7) is 0.447. The zero-order chi connectivity index (χ0) is 20.7. The van der Waals surface area contributed by atoms with E-state index in [0.717, 1.165) is 18.4 Å². The molecule has 1 aliphatic carbocycles. The zero-order valence-electron chi connectivity index (χ0n) is 15.5. The minimum Gasteiger partial charge on any atom is -0.493 e. The van der Waals surface area contributed by atoms with Crippen LogP contribution < -0.4 is 21.8 Å². The number of imidazole rings is 1. The van der Waals surface area contributed by atoms with Crippen LogP contribution in [0, 0.1) is 0 Å². The summed E-state index contributed by atoms with van der Waals surface area (Å²) >= 11 is 5.83. The first-order valence-corrected chi connectivity index (χ1v) is 9.60. The molecule has 0 saturated heterocycles. The Kier molecular flexibility index (Phi) is 4.43. The van der Waals surface area contributed by atoms with E-state index in [1.165, 1.54) is 0 Å². The fourth-order valence-corrected chi connectivity index (χ4v) is 2.96. The van der Waals surface area contributed by atoms with E-state index < -0.39 is 5.69 Å². The number of nitrogens with zero attached hydrogens (tertiary/aromatic N) is 6. The van der Waals surface area contributed by atoms with Crippen LogP contribution in [0.15, 0.2) is 34.3 Å². The number of H-pyrrole nitrogens is 2. The second kappa shape index (κ2) is 7.26. The van der Waals surface area contributed by atoms with E-state index in [1.807, 2.05) is 6.07 Å². The number of aromatic hydroxyl groups is 1. The van der Waals surface area contributed by atoms with Crippen molar-refractivity contribution in [1.29, 1.82) is 0 Å². The van der Waals surface area contributed by atoms with Crippen molar-refractivity contribution in [2.75, 3.05) is 5.32 Å². The molecule has 12 heteroatoms. The minimum atomic E-state index is -0.506. The second-order valence-corrected chi connectivity index (χ2v) is 7.26. The van der Waals surface area contributed by atoms with Gasteiger partial charge in [0.15, 0.2) is 5.65 Å². The van der Waals surface area contributed by atoms with E-state index in [2.05, 4.69) is 40.3 Å². The molecule has 5 rings (SSSR count). The Morgan fingerprint density at radius 2 is 2.17 bits per heavy atom. The van der Waals surface area contributed by atoms with Crippen molar-refractivity contribution < 1.29 is 5.11 Å². The highest BCUT2D eigenvalue weighted by Crippen LogP contribution is 2.22. The van der Waals surface area contributed by atoms with Gasteiger partial charge >= 0.3 is 5.69 Å². The summed E-state index contributed by atoms with van der Waals surface area (Å²) in [5.74, 6) is 0.115. The van der Waals surface area contributed by atoms with Crippen LogP contribution in [0.5, 0.6) is 5.88 Å². The summed E-state index contributed by atoms with van der Waals surface area (Å²) in [5, 5.41) is 18.4. The maximum absolute atomic E-state index is 11.4. The number of rotatable bonds is 5. The molecular weight excluding hydrogens is 410 g/mol. The SMILES string of the molecule is O=c1[nH]c(O)c(/C=c2\cnn3c(=NC4CC4)nc(NCc4ccc(Cl)nc4)nc23)[nH]1. The number of fused-ring (bicyclic) bond motifs is 1. The molecule has 0 spiro atoms. The third-order valence-corrected chi connectivity index (χ3v) is 4.72. The molecule has 152 valence electrons. The number of hydrogen-bond donors (Lipinski definition) is 4. The summed E-state index contributed by atoms with van der Waals surface area (Å²) in [6, 6.07) is 3.81. The molecule has 4 aromatic heterocycles. The maximum Gasteiger partial charge on any atom is 0.326 e. The van der Waals surface area contributed by atoms with Gasteiger partial charge in [-0.2, -0.15) is 19.6 Å². The first-order valence-electron chi connectivity index (χ1n) is 9.22. The van der Waals surface area contributed by atoms with Crippen molar-refractivity contribution in [1.82, 2.24) is 34.5 Å². The minimum absolute atomic E-state index is 0.232. The number of aromatic nitrogens is 7. The number of aromatic amines is 2. The van der Waals surface area contributed by atoms with Gasteiger partial charge in [0.2, 0.25) is 11.8 Å². The molecule has 0 atom stereocenters. The number of halogens is 1. The molecule has 4 aromatic rings. The summed E-state index contributed by atoms with van der Waals surface area (Å²) in [5.41, 5.74) is 1.57. The van der Waals surface area contributed by atoms with Gasteiger partial charge in [-0.25, -0.2) is 14.8 Å². The van der Waals surface area contributed by atoms with Gasteiger partial charge in [0.05, 0.1) is 12.2 Å². The molecule has 0 unspecified atom stereocenters. The Labute approximate surface area is 173 Å². The number of nitrogens with one attached hydrogen (secondary N) is 3. The second-order valence-electron chi connectivity index (χ2n) is 6.87. The van der Waals surface area contributed by atoms with Gasteiger partial charge in [-0.15, -0.1) is 0 Å². The normalized spacial score (nSPS) is 15.2. The first-order chi connectivity index (χ1) is 14.5. The van der Waals surface area contributed by atoms with Crippen molar-refractivity contribution in [2.45, 2.75) is 25.4 Å². The molecule has 0 bridgehead atoms. The molecule has 0 aromatic carbocycles. The van der Waals surface area contributed by atoms with Crippen LogP contribution in [-0.2, 0) is 6.54 Å². The molecule has 0 amide bonds. The molecule has 30 heavy (non-hydrogen) atoms. The molecule has 4 heterocycles. The van der Waals surface area contributed by atoms with Gasteiger partial charge in [0, 0.05) is 18.0 Å². The van der Waals surface area contributed by atoms with Crippen LogP contribution in [0.3, 0.4) is 0 Å². The van der Waals surface area contributed by atoms with Crippen molar-refractivity contribution in [3.63, 3.8) is 0 Å². The number of anilines is 1. The monoisotopic (exact) mass is 425 g/mol. The quantitative estimate of drug-likeness (QED) is 0.332. The average molecular weight is 426 g/mol. The summed E-state index contributed by atoms with van der Waals surface area (Å²) < 4.78 is 1.54. The fraction of sp³-hybridized carbons (Fsp3) is 0.222. The third-order valence-electron chi connectivity index (χ3n) is 4.50. The standard InChI is InChI=1S/C18H16ClN9O2/c19-13-4-1-9(6-20-13)7-21-16-25-14-10(5-12-15(29)26-18(30)24-12)8-22-28(14)17(27-16)23-11-2-3-11/h1,4-6,8,11,29H,2-3,7H2,(H,21,23,27)(H2,24,26,30)/b10-5+. The predicted molar refractivity (Wildman–Crippen MR) is 108 cm³/mol. The van der Waals surface area contributed by atoms with Crippen LogP contribution in [-0.4, -0.2) is 45.7 Å². The Hall–Kier alpha value is -3.73. The number of pyridine rings is 1. The topological polar surface area (TPSA) is 149 Å². The summed E-state index contributed by atoms with van der Waals surface area (Å²) in [6.07, 6.45) is 6.86. The molecule has 0 radical (unpaired) electrons. The van der Waals surface area contributed by atoms with Gasteiger partial charge in [-0.1, -0.05) is 17.7 Å². The smallest absolute Gasteiger partial charge is 0.326 e. The highest BCUT2D eigenvalue weighted by Gasteiger charge is 2.21. The number of hydrogen-bond acceptors (Lipinski definition) is 8. The van der Waals surface area contributed by atoms with Gasteiger partial charge in [-0.05, 0) is 30.5 Å². The van der Waals surface area contributed by atoms with E-state index >= 15 is 0 Å². The zero-order valence-corrected chi connectivity index (χ0v) is 16.3. The fourth-order valence-electron chi connectivity index (χ4n) is 2.85. The van der Waals surface area contributed by atoms with Crippen LogP contribution in [0.2, 0.25) is 5.15 Å². The maximum atomic E-state index is 11.4. The van der Waals surface area contributed by atoms with Crippen molar-refractivity contribution >= 4 is 29.3 Å². The van der Waals surface area contributed by atoms with Crippen LogP contribution >= 0.6 is 11.6 Å². The van der Waals surface area contributed by atoms with Crippen LogP contribution in [0.1, 0.15) is 24.1 Å². The largest absolute Gasteiger partial charge is 0.493 e. The molecule has 0 aliphatic heterocycles. The van der Waals surface area contributed by atoms with Gasteiger partial charge < -0.3 is 15.4 Å². The Morgan fingerprint density at radius 1 is 1.30 bits per heavy atom. The molecule has 11 nitrogen and oxygen atoms in total. The molecule has 1 aliphatic rings. The van der Waals surface area contributed by atoms with E-state index in [1.54, 1.807) is 29.1 Å². The molecule has 1 fully saturated rings. The highest BCUT2D eigenvalue weighted by molar-refractivity contribution is 6.29. The van der Waals surface area contributed by atoms with Crippen LogP contribution in [0.4, 0.5) is 5.95 Å². The van der Waals surface area contributed by atoms with E-state index in [0.29, 0.717) is 34.1 Å². The first kappa shape index (κ1) is 18.3. The summed E-state index contributed by atoms with van der Waals surface area (Å²) in [7, 11) is 0. The van der Waals surface area contributed by atoms with Crippen molar-refractivity contribution in [3.05, 3.63) is 62.3 Å². The molecule has 1 saturated carbocycles. The van der Waals surface area contributed by atoms with E-state index in [9.17, 15) is 9.90 Å². The summed E-state index contributed by atoms with van der Waals surface area (Å²) in [4.78, 5) is 33.9. The van der Waals surface area contributed by atoms with E-state index in [4.69, 9.17) is 11.6 Å². The Morgan fingerprint density at radius 3 is 2.87 bits per heavy atom. The Balaban J connectivity index is 1.58.